The fourth-order valence-electron chi connectivity index (χ4n) is 1.40. The van der Waals surface area contributed by atoms with Crippen molar-refractivity contribution in [1.82, 2.24) is 9.78 Å². The molecule has 0 aliphatic carbocycles. The number of hydrogen-bond acceptors (Lipinski definition) is 2. The van der Waals surface area contributed by atoms with Gasteiger partial charge in [-0.3, -0.25) is 9.48 Å². The summed E-state index contributed by atoms with van der Waals surface area (Å²) in [6.45, 7) is 0.888. The molecule has 0 spiro atoms. The van der Waals surface area contributed by atoms with Crippen LogP contribution in [0.5, 0.6) is 0 Å². The van der Waals surface area contributed by atoms with Crippen LogP contribution in [0.1, 0.15) is 22.5 Å². The Bertz CT molecular complexity index is 303. The van der Waals surface area contributed by atoms with E-state index in [1.165, 1.54) is 0 Å². The molecule has 0 unspecified atom stereocenters. The number of aromatic nitrogens is 2. The van der Waals surface area contributed by atoms with Crippen molar-refractivity contribution in [2.45, 2.75) is 19.4 Å². The number of nitrogens with two attached hydrogens (primary N) is 1. The Balaban J connectivity index is 2.50. The standard InChI is InChI=1S/C7H8N3O/c8-7(11)5-4-9-10-3-1-2-6(5)10/h1-3H2,(H2,8,11). The minimum atomic E-state index is -0.423. The van der Waals surface area contributed by atoms with Gasteiger partial charge in [-0.2, -0.15) is 5.10 Å². The van der Waals surface area contributed by atoms with Crippen LogP contribution in [-0.2, 0) is 13.0 Å². The molecule has 1 radical (unpaired) electrons. The van der Waals surface area contributed by atoms with E-state index in [-0.39, 0.29) is 0 Å². The number of amides is 1. The minimum absolute atomic E-state index is 0.423. The van der Waals surface area contributed by atoms with Gasteiger partial charge < -0.3 is 5.73 Å². The number of hydrogen-bond donors (Lipinski definition) is 1. The smallest absolute Gasteiger partial charge is 0.252 e. The van der Waals surface area contributed by atoms with Crippen LogP contribution in [0, 0.1) is 6.20 Å². The second-order valence-corrected chi connectivity index (χ2v) is 2.62. The molecule has 1 aromatic rings. The van der Waals surface area contributed by atoms with Crippen molar-refractivity contribution in [3.05, 3.63) is 17.5 Å². The van der Waals surface area contributed by atoms with Gasteiger partial charge in [0.2, 0.25) is 0 Å². The van der Waals surface area contributed by atoms with Gasteiger partial charge in [0.15, 0.2) is 0 Å². The predicted molar refractivity (Wildman–Crippen MR) is 37.9 cm³/mol. The van der Waals surface area contributed by atoms with Crippen LogP contribution in [0.25, 0.3) is 0 Å². The summed E-state index contributed by atoms with van der Waals surface area (Å²) in [4.78, 5) is 10.8. The maximum absolute atomic E-state index is 10.8. The normalized spacial score (nSPS) is 14.9. The van der Waals surface area contributed by atoms with Gasteiger partial charge in [0, 0.05) is 6.54 Å². The molecule has 0 fully saturated rings. The number of fused-ring (bicyclic) bond motifs is 1. The number of aryl methyl sites for hydroxylation is 1. The summed E-state index contributed by atoms with van der Waals surface area (Å²) in [7, 11) is 0. The third-order valence-electron chi connectivity index (χ3n) is 1.91. The van der Waals surface area contributed by atoms with Crippen LogP contribution in [0.3, 0.4) is 0 Å². The Morgan fingerprint density at radius 2 is 2.55 bits per heavy atom. The third-order valence-corrected chi connectivity index (χ3v) is 1.91. The summed E-state index contributed by atoms with van der Waals surface area (Å²) in [5.41, 5.74) is 6.51. The van der Waals surface area contributed by atoms with Crippen LogP contribution in [0.15, 0.2) is 0 Å². The van der Waals surface area contributed by atoms with E-state index in [2.05, 4.69) is 11.3 Å². The molecule has 0 saturated carbocycles. The Hall–Kier alpha value is -1.32. The van der Waals surface area contributed by atoms with Gasteiger partial charge in [-0.1, -0.05) is 0 Å². The first-order valence-corrected chi connectivity index (χ1v) is 3.56. The lowest BCUT2D eigenvalue weighted by Crippen LogP contribution is -2.12. The monoisotopic (exact) mass is 150 g/mol. The van der Waals surface area contributed by atoms with E-state index >= 15 is 0 Å². The second-order valence-electron chi connectivity index (χ2n) is 2.62. The summed E-state index contributed by atoms with van der Waals surface area (Å²) < 4.78 is 1.79. The molecule has 2 N–H and O–H groups in total. The molecule has 1 aromatic heterocycles. The maximum atomic E-state index is 10.8. The zero-order chi connectivity index (χ0) is 7.84. The van der Waals surface area contributed by atoms with Crippen LogP contribution in [0.2, 0.25) is 0 Å². The molecule has 57 valence electrons. The molecule has 0 saturated heterocycles. The van der Waals surface area contributed by atoms with E-state index in [1.807, 2.05) is 0 Å². The molecule has 0 atom stereocenters. The molecule has 2 heterocycles. The topological polar surface area (TPSA) is 60.9 Å². The Morgan fingerprint density at radius 1 is 1.73 bits per heavy atom. The van der Waals surface area contributed by atoms with Crippen LogP contribution < -0.4 is 5.73 Å². The highest BCUT2D eigenvalue weighted by molar-refractivity contribution is 5.93. The van der Waals surface area contributed by atoms with Gasteiger partial charge >= 0.3 is 0 Å². The van der Waals surface area contributed by atoms with Gasteiger partial charge in [-0.05, 0) is 12.8 Å². The summed E-state index contributed by atoms with van der Waals surface area (Å²) >= 11 is 0. The minimum Gasteiger partial charge on any atom is -0.365 e. The van der Waals surface area contributed by atoms with Gasteiger partial charge in [0.25, 0.3) is 5.91 Å². The van der Waals surface area contributed by atoms with E-state index in [1.54, 1.807) is 4.68 Å². The van der Waals surface area contributed by atoms with Crippen molar-refractivity contribution in [3.63, 3.8) is 0 Å². The highest BCUT2D eigenvalue weighted by Gasteiger charge is 2.19. The lowest BCUT2D eigenvalue weighted by atomic mass is 10.2. The molecular formula is C7H8N3O. The molecule has 1 amide bonds. The van der Waals surface area contributed by atoms with Crippen LogP contribution >= 0.6 is 0 Å². The summed E-state index contributed by atoms with van der Waals surface area (Å²) in [6, 6.07) is 0. The Morgan fingerprint density at radius 3 is 3.27 bits per heavy atom. The van der Waals surface area contributed by atoms with Crippen molar-refractivity contribution in [2.24, 2.45) is 5.73 Å². The number of rotatable bonds is 1. The molecule has 0 aromatic carbocycles. The lowest BCUT2D eigenvalue weighted by molar-refractivity contribution is 0.0999. The van der Waals surface area contributed by atoms with Gasteiger partial charge in [-0.25, -0.2) is 0 Å². The molecule has 2 rings (SSSR count). The summed E-state index contributed by atoms with van der Waals surface area (Å²) in [5, 5.41) is 3.91. The van der Waals surface area contributed by atoms with Crippen LogP contribution in [-0.4, -0.2) is 15.7 Å². The largest absolute Gasteiger partial charge is 0.365 e. The van der Waals surface area contributed by atoms with E-state index in [0.717, 1.165) is 25.1 Å². The fourth-order valence-corrected chi connectivity index (χ4v) is 1.40. The molecular weight excluding hydrogens is 142 g/mol. The Labute approximate surface area is 64.0 Å². The SMILES string of the molecule is NC(=O)c1[c]nn2c1CCC2. The van der Waals surface area contributed by atoms with Crippen molar-refractivity contribution in [2.75, 3.05) is 0 Å². The molecule has 1 aliphatic heterocycles. The van der Waals surface area contributed by atoms with Crippen LogP contribution in [0.4, 0.5) is 0 Å². The number of carbonyl (C=O) groups excluding carboxylic acids is 1. The number of carbonyl (C=O) groups is 1. The summed E-state index contributed by atoms with van der Waals surface area (Å²) in [5.74, 6) is -0.423. The molecule has 4 nitrogen and oxygen atoms in total. The molecule has 11 heavy (non-hydrogen) atoms. The maximum Gasteiger partial charge on any atom is 0.252 e. The van der Waals surface area contributed by atoms with Crippen molar-refractivity contribution in [1.29, 1.82) is 0 Å². The first-order chi connectivity index (χ1) is 5.29. The zero-order valence-electron chi connectivity index (χ0n) is 6.00. The molecule has 4 heteroatoms. The summed E-state index contributed by atoms with van der Waals surface area (Å²) in [6.07, 6.45) is 4.56. The highest BCUT2D eigenvalue weighted by Crippen LogP contribution is 2.16. The third kappa shape index (κ3) is 0.824. The quantitative estimate of drug-likeness (QED) is 0.599. The number of primary amides is 1. The molecule has 0 bridgehead atoms. The zero-order valence-corrected chi connectivity index (χ0v) is 6.00. The van der Waals surface area contributed by atoms with Gasteiger partial charge in [0.1, 0.15) is 6.20 Å². The Kier molecular flexibility index (Phi) is 1.21. The van der Waals surface area contributed by atoms with Crippen molar-refractivity contribution >= 4 is 5.91 Å². The van der Waals surface area contributed by atoms with E-state index in [0.29, 0.717) is 5.56 Å². The number of nitrogens with zero attached hydrogens (tertiary/aromatic N) is 2. The fraction of sp³-hybridized carbons (Fsp3) is 0.429. The first kappa shape index (κ1) is 6.39. The van der Waals surface area contributed by atoms with Crippen molar-refractivity contribution in [3.8, 4) is 0 Å². The predicted octanol–water partition coefficient (Wildman–Crippen LogP) is -0.272. The van der Waals surface area contributed by atoms with Crippen molar-refractivity contribution < 1.29 is 4.79 Å². The first-order valence-electron chi connectivity index (χ1n) is 3.56. The average Bonchev–Trinajstić information content (AvgIpc) is 2.41. The van der Waals surface area contributed by atoms with E-state index < -0.39 is 5.91 Å². The second kappa shape index (κ2) is 2.08. The van der Waals surface area contributed by atoms with Gasteiger partial charge in [0.05, 0.1) is 11.3 Å². The lowest BCUT2D eigenvalue weighted by Gasteiger charge is -1.92. The van der Waals surface area contributed by atoms with E-state index in [9.17, 15) is 4.79 Å². The van der Waals surface area contributed by atoms with Gasteiger partial charge in [-0.15, -0.1) is 0 Å². The highest BCUT2D eigenvalue weighted by atomic mass is 16.1. The van der Waals surface area contributed by atoms with E-state index in [4.69, 9.17) is 5.73 Å². The average molecular weight is 150 g/mol. The molecule has 1 aliphatic rings.